The van der Waals surface area contributed by atoms with Crippen molar-refractivity contribution in [2.24, 2.45) is 0 Å². The van der Waals surface area contributed by atoms with Crippen molar-refractivity contribution in [1.82, 2.24) is 5.32 Å². The molecule has 160 valence electrons. The van der Waals surface area contributed by atoms with E-state index in [0.717, 1.165) is 5.56 Å². The van der Waals surface area contributed by atoms with Crippen LogP contribution in [0.1, 0.15) is 40.9 Å². The van der Waals surface area contributed by atoms with E-state index >= 15 is 0 Å². The van der Waals surface area contributed by atoms with Crippen LogP contribution in [0.15, 0.2) is 70.4 Å². The second-order valence-corrected chi connectivity index (χ2v) is 7.24. The van der Waals surface area contributed by atoms with Crippen LogP contribution in [0.4, 0.5) is 0 Å². The minimum Gasteiger partial charge on any atom is -0.466 e. The van der Waals surface area contributed by atoms with Gasteiger partial charge in [0.05, 0.1) is 19.1 Å². The van der Waals surface area contributed by atoms with Gasteiger partial charge < -0.3 is 14.5 Å². The van der Waals surface area contributed by atoms with Gasteiger partial charge in [-0.3, -0.25) is 9.59 Å². The number of esters is 1. The summed E-state index contributed by atoms with van der Waals surface area (Å²) in [5, 5.41) is 3.73. The second-order valence-electron chi connectivity index (χ2n) is 6.83. The first kappa shape index (κ1) is 22.3. The third kappa shape index (κ3) is 5.22. The van der Waals surface area contributed by atoms with Crippen LogP contribution in [0.25, 0.3) is 11.0 Å². The molecular formula is C24H22ClNO5. The van der Waals surface area contributed by atoms with Crippen molar-refractivity contribution in [2.75, 3.05) is 6.61 Å². The molecule has 3 rings (SSSR count). The first-order valence-electron chi connectivity index (χ1n) is 9.82. The number of nitrogens with one attached hydrogen (secondary N) is 1. The molecule has 0 radical (unpaired) electrons. The van der Waals surface area contributed by atoms with Crippen molar-refractivity contribution in [2.45, 2.75) is 25.8 Å². The number of allylic oxidation sites excluding steroid dienone is 1. The smallest absolute Gasteiger partial charge is 0.349 e. The molecule has 1 unspecified atom stereocenters. The van der Waals surface area contributed by atoms with Gasteiger partial charge in [-0.25, -0.2) is 4.79 Å². The summed E-state index contributed by atoms with van der Waals surface area (Å²) < 4.78 is 10.5. The van der Waals surface area contributed by atoms with Gasteiger partial charge in [0, 0.05) is 10.4 Å². The lowest BCUT2D eigenvalue weighted by atomic mass is 10.0. The molecule has 0 bridgehead atoms. The molecule has 1 aromatic heterocycles. The highest BCUT2D eigenvalue weighted by Crippen LogP contribution is 2.26. The zero-order valence-electron chi connectivity index (χ0n) is 17.0. The van der Waals surface area contributed by atoms with Crippen LogP contribution in [-0.4, -0.2) is 18.5 Å². The molecule has 0 saturated carbocycles. The van der Waals surface area contributed by atoms with Crippen LogP contribution < -0.4 is 10.9 Å². The molecule has 0 fully saturated rings. The molecule has 0 aliphatic carbocycles. The van der Waals surface area contributed by atoms with Crippen molar-refractivity contribution in [1.29, 1.82) is 0 Å². The van der Waals surface area contributed by atoms with E-state index in [-0.39, 0.29) is 18.6 Å². The van der Waals surface area contributed by atoms with E-state index < -0.39 is 23.5 Å². The van der Waals surface area contributed by atoms with Gasteiger partial charge in [-0.2, -0.15) is 0 Å². The lowest BCUT2D eigenvalue weighted by Gasteiger charge is -2.19. The fraction of sp³-hybridized carbons (Fsp3) is 0.208. The van der Waals surface area contributed by atoms with Gasteiger partial charge in [-0.05, 0) is 36.6 Å². The van der Waals surface area contributed by atoms with E-state index in [1.807, 2.05) is 12.1 Å². The number of para-hydroxylation sites is 1. The minimum atomic E-state index is -0.776. The van der Waals surface area contributed by atoms with Crippen LogP contribution in [0.3, 0.4) is 0 Å². The largest absolute Gasteiger partial charge is 0.466 e. The highest BCUT2D eigenvalue weighted by molar-refractivity contribution is 6.31. The summed E-state index contributed by atoms with van der Waals surface area (Å²) in [4.78, 5) is 37.6. The molecule has 31 heavy (non-hydrogen) atoms. The Bertz CT molecular complexity index is 1180. The van der Waals surface area contributed by atoms with Crippen LogP contribution in [0.5, 0.6) is 0 Å². The van der Waals surface area contributed by atoms with E-state index in [9.17, 15) is 14.4 Å². The molecule has 1 N–H and O–H groups in total. The SMILES string of the molecule is C=CCc1cccc2cc(C(=O)NC(CC(=O)OCC)c3ccccc3Cl)c(=O)oc12. The molecular weight excluding hydrogens is 418 g/mol. The fourth-order valence-electron chi connectivity index (χ4n) is 3.30. The van der Waals surface area contributed by atoms with Crippen LogP contribution in [0.2, 0.25) is 5.02 Å². The summed E-state index contributed by atoms with van der Waals surface area (Å²) in [6.45, 7) is 5.61. The molecule has 2 aromatic carbocycles. The molecule has 1 atom stereocenters. The maximum Gasteiger partial charge on any atom is 0.349 e. The van der Waals surface area contributed by atoms with E-state index in [1.165, 1.54) is 6.07 Å². The summed E-state index contributed by atoms with van der Waals surface area (Å²) in [6.07, 6.45) is 2.10. The Labute approximate surface area is 184 Å². The maximum absolute atomic E-state index is 13.0. The van der Waals surface area contributed by atoms with Crippen molar-refractivity contribution in [3.63, 3.8) is 0 Å². The highest BCUT2D eigenvalue weighted by Gasteiger charge is 2.24. The third-order valence-electron chi connectivity index (χ3n) is 4.71. The first-order valence-corrected chi connectivity index (χ1v) is 10.2. The van der Waals surface area contributed by atoms with Gasteiger partial charge in [0.25, 0.3) is 5.91 Å². The average molecular weight is 440 g/mol. The number of amides is 1. The molecule has 0 aliphatic heterocycles. The maximum atomic E-state index is 13.0. The highest BCUT2D eigenvalue weighted by atomic mass is 35.5. The van der Waals surface area contributed by atoms with Gasteiger partial charge in [0.2, 0.25) is 0 Å². The Morgan fingerprint density at radius 3 is 2.71 bits per heavy atom. The van der Waals surface area contributed by atoms with Crippen LogP contribution in [0, 0.1) is 0 Å². The number of benzene rings is 2. The number of carbonyl (C=O) groups excluding carboxylic acids is 2. The van der Waals surface area contributed by atoms with Crippen LogP contribution in [-0.2, 0) is 16.0 Å². The molecule has 1 heterocycles. The molecule has 0 saturated heterocycles. The molecule has 3 aromatic rings. The zero-order valence-corrected chi connectivity index (χ0v) is 17.8. The van der Waals surface area contributed by atoms with E-state index in [4.69, 9.17) is 20.8 Å². The van der Waals surface area contributed by atoms with Crippen LogP contribution >= 0.6 is 11.6 Å². The monoisotopic (exact) mass is 439 g/mol. The Balaban J connectivity index is 1.96. The number of rotatable bonds is 8. The number of fused-ring (bicyclic) bond motifs is 1. The quantitative estimate of drug-likeness (QED) is 0.315. The van der Waals surface area contributed by atoms with E-state index in [2.05, 4.69) is 11.9 Å². The number of halogens is 1. The van der Waals surface area contributed by atoms with Gasteiger partial charge >= 0.3 is 11.6 Å². The Hall–Kier alpha value is -3.38. The molecule has 0 spiro atoms. The van der Waals surface area contributed by atoms with Crippen molar-refractivity contribution >= 4 is 34.4 Å². The lowest BCUT2D eigenvalue weighted by Crippen LogP contribution is -2.33. The molecule has 1 amide bonds. The van der Waals surface area contributed by atoms with Gasteiger partial charge in [-0.1, -0.05) is 54.1 Å². The Morgan fingerprint density at radius 2 is 2.00 bits per heavy atom. The standard InChI is InChI=1S/C24H22ClNO5/c1-3-8-15-9-7-10-16-13-18(24(29)31-22(15)16)23(28)26-20(14-21(27)30-4-2)17-11-5-6-12-19(17)25/h3,5-7,9-13,20H,1,4,8,14H2,2H3,(H,26,28). The summed E-state index contributed by atoms with van der Waals surface area (Å²) in [7, 11) is 0. The molecule has 6 nitrogen and oxygen atoms in total. The number of hydrogen-bond acceptors (Lipinski definition) is 5. The Morgan fingerprint density at radius 1 is 1.23 bits per heavy atom. The van der Waals surface area contributed by atoms with Crippen molar-refractivity contribution in [3.05, 3.63) is 93.3 Å². The summed E-state index contributed by atoms with van der Waals surface area (Å²) in [5.74, 6) is -1.16. The number of hydrogen-bond donors (Lipinski definition) is 1. The third-order valence-corrected chi connectivity index (χ3v) is 5.06. The predicted molar refractivity (Wildman–Crippen MR) is 119 cm³/mol. The Kier molecular flexibility index (Phi) is 7.26. The summed E-state index contributed by atoms with van der Waals surface area (Å²) in [6, 6.07) is 13.0. The predicted octanol–water partition coefficient (Wildman–Crippen LogP) is 4.60. The van der Waals surface area contributed by atoms with Gasteiger partial charge in [0.1, 0.15) is 11.1 Å². The lowest BCUT2D eigenvalue weighted by molar-refractivity contribution is -0.143. The minimum absolute atomic E-state index is 0.133. The molecule has 0 aliphatic rings. The number of ether oxygens (including phenoxy) is 1. The average Bonchev–Trinajstić information content (AvgIpc) is 2.74. The first-order chi connectivity index (χ1) is 14.9. The van der Waals surface area contributed by atoms with Gasteiger partial charge in [0.15, 0.2) is 0 Å². The topological polar surface area (TPSA) is 85.6 Å². The number of carbonyl (C=O) groups is 2. The van der Waals surface area contributed by atoms with Gasteiger partial charge in [-0.15, -0.1) is 6.58 Å². The zero-order chi connectivity index (χ0) is 22.4. The summed E-state index contributed by atoms with van der Waals surface area (Å²) in [5.41, 5.74) is 0.828. The molecule has 7 heteroatoms. The van der Waals surface area contributed by atoms with Crippen molar-refractivity contribution < 1.29 is 18.7 Å². The van der Waals surface area contributed by atoms with E-state index in [1.54, 1.807) is 43.3 Å². The van der Waals surface area contributed by atoms with Crippen molar-refractivity contribution in [3.8, 4) is 0 Å². The fourth-order valence-corrected chi connectivity index (χ4v) is 3.57. The second kappa shape index (κ2) is 10.1. The summed E-state index contributed by atoms with van der Waals surface area (Å²) >= 11 is 6.27. The normalized spacial score (nSPS) is 11.7. The van der Waals surface area contributed by atoms with E-state index in [0.29, 0.717) is 28.0 Å².